The van der Waals surface area contributed by atoms with Crippen LogP contribution in [0, 0.1) is 0 Å². The largest absolute Gasteiger partial charge is 0.489 e. The fourth-order valence-corrected chi connectivity index (χ4v) is 3.86. The summed E-state index contributed by atoms with van der Waals surface area (Å²) >= 11 is 0. The molecule has 0 unspecified atom stereocenters. The van der Waals surface area contributed by atoms with Gasteiger partial charge in [0.25, 0.3) is 0 Å². The van der Waals surface area contributed by atoms with Crippen LogP contribution in [0.15, 0.2) is 73.1 Å². The van der Waals surface area contributed by atoms with Crippen LogP contribution in [0.25, 0.3) is 39.6 Å². The zero-order chi connectivity index (χ0) is 23.1. The molecule has 3 N–H and O–H groups in total. The Morgan fingerprint density at radius 3 is 2.47 bits per heavy atom. The zero-order valence-electron chi connectivity index (χ0n) is 18.3. The van der Waals surface area contributed by atoms with Gasteiger partial charge in [-0.05, 0) is 66.9 Å². The van der Waals surface area contributed by atoms with Gasteiger partial charge >= 0.3 is 0 Å². The summed E-state index contributed by atoms with van der Waals surface area (Å²) in [7, 11) is 0. The van der Waals surface area contributed by atoms with Gasteiger partial charge in [-0.15, -0.1) is 0 Å². The van der Waals surface area contributed by atoms with E-state index in [9.17, 15) is 5.11 Å². The second kappa shape index (κ2) is 8.24. The van der Waals surface area contributed by atoms with E-state index in [0.717, 1.165) is 46.7 Å². The van der Waals surface area contributed by atoms with Crippen molar-refractivity contribution in [2.45, 2.75) is 25.6 Å². The number of aliphatic hydroxyl groups excluding tert-OH is 1. The average Bonchev–Trinajstić information content (AvgIpc) is 3.61. The number of nitrogens with zero attached hydrogens (tertiary/aromatic N) is 5. The van der Waals surface area contributed by atoms with Crippen molar-refractivity contribution in [1.82, 2.24) is 24.5 Å². The van der Waals surface area contributed by atoms with Crippen LogP contribution in [0.1, 0.15) is 18.4 Å². The number of rotatable bonds is 6. The number of imidazole rings is 1. The Morgan fingerprint density at radius 2 is 1.76 bits per heavy atom. The zero-order valence-corrected chi connectivity index (χ0v) is 18.3. The normalized spacial score (nSPS) is 13.3. The van der Waals surface area contributed by atoms with Gasteiger partial charge in [0.15, 0.2) is 11.5 Å². The first-order valence-corrected chi connectivity index (χ1v) is 11.1. The summed E-state index contributed by atoms with van der Waals surface area (Å²) < 4.78 is 7.77. The minimum absolute atomic E-state index is 0.0259. The molecule has 8 nitrogen and oxygen atoms in total. The molecule has 0 atom stereocenters. The van der Waals surface area contributed by atoms with Gasteiger partial charge in [-0.1, -0.05) is 12.1 Å². The van der Waals surface area contributed by atoms with Crippen LogP contribution in [0.4, 0.5) is 5.82 Å². The molecular weight excluding hydrogens is 428 g/mol. The third-order valence-corrected chi connectivity index (χ3v) is 5.79. The van der Waals surface area contributed by atoms with E-state index in [1.54, 1.807) is 12.4 Å². The molecule has 1 aliphatic carbocycles. The van der Waals surface area contributed by atoms with Gasteiger partial charge in [0, 0.05) is 11.9 Å². The third-order valence-electron chi connectivity index (χ3n) is 5.79. The van der Waals surface area contributed by atoms with E-state index in [2.05, 4.69) is 9.97 Å². The molecule has 0 saturated heterocycles. The first-order valence-electron chi connectivity index (χ1n) is 11.1. The Balaban J connectivity index is 1.50. The van der Waals surface area contributed by atoms with Crippen LogP contribution in [0.5, 0.6) is 5.75 Å². The van der Waals surface area contributed by atoms with Crippen molar-refractivity contribution in [3.05, 3.63) is 78.6 Å². The summed E-state index contributed by atoms with van der Waals surface area (Å²) in [6, 6.07) is 19.0. The quantitative estimate of drug-likeness (QED) is 0.399. The van der Waals surface area contributed by atoms with E-state index in [0.29, 0.717) is 29.0 Å². The van der Waals surface area contributed by atoms with Crippen LogP contribution >= 0.6 is 0 Å². The molecule has 0 aliphatic heterocycles. The molecule has 34 heavy (non-hydrogen) atoms. The maximum atomic E-state index is 9.46. The lowest BCUT2D eigenvalue weighted by Crippen LogP contribution is -2.02. The number of fused-ring (bicyclic) bond motifs is 1. The van der Waals surface area contributed by atoms with E-state index >= 15 is 0 Å². The highest BCUT2D eigenvalue weighted by Gasteiger charge is 2.23. The van der Waals surface area contributed by atoms with E-state index in [1.807, 2.05) is 65.2 Å². The number of benzene rings is 1. The molecule has 8 heteroatoms. The summed E-state index contributed by atoms with van der Waals surface area (Å²) in [5, 5.41) is 9.46. The van der Waals surface area contributed by atoms with Crippen molar-refractivity contribution in [3.63, 3.8) is 0 Å². The Bertz CT molecular complexity index is 1470. The summed E-state index contributed by atoms with van der Waals surface area (Å²) in [4.78, 5) is 18.6. The number of aliphatic hydroxyl groups is 1. The van der Waals surface area contributed by atoms with Gasteiger partial charge < -0.3 is 15.6 Å². The predicted molar refractivity (Wildman–Crippen MR) is 129 cm³/mol. The van der Waals surface area contributed by atoms with Crippen molar-refractivity contribution < 1.29 is 9.84 Å². The summed E-state index contributed by atoms with van der Waals surface area (Å²) in [5.41, 5.74) is 11.5. The topological polar surface area (TPSA) is 112 Å². The molecule has 0 spiro atoms. The highest BCUT2D eigenvalue weighted by molar-refractivity contribution is 5.84. The minimum Gasteiger partial charge on any atom is -0.489 e. The van der Waals surface area contributed by atoms with Gasteiger partial charge in [-0.25, -0.2) is 15.0 Å². The second-order valence-electron chi connectivity index (χ2n) is 8.27. The molecule has 1 aromatic carbocycles. The number of nitrogens with two attached hydrogens (primary N) is 1. The molecule has 5 aromatic rings. The van der Waals surface area contributed by atoms with E-state index in [4.69, 9.17) is 20.4 Å². The number of hydrogen-bond acceptors (Lipinski definition) is 7. The molecule has 4 aromatic heterocycles. The van der Waals surface area contributed by atoms with Gasteiger partial charge in [0.05, 0.1) is 35.9 Å². The summed E-state index contributed by atoms with van der Waals surface area (Å²) in [6.45, 7) is -0.0259. The van der Waals surface area contributed by atoms with Gasteiger partial charge in [-0.2, -0.15) is 0 Å². The van der Waals surface area contributed by atoms with Crippen molar-refractivity contribution in [3.8, 4) is 34.2 Å². The van der Waals surface area contributed by atoms with Crippen molar-refractivity contribution in [1.29, 1.82) is 0 Å². The van der Waals surface area contributed by atoms with E-state index in [-0.39, 0.29) is 6.61 Å². The number of aromatic nitrogens is 5. The van der Waals surface area contributed by atoms with Gasteiger partial charge in [0.1, 0.15) is 17.1 Å². The SMILES string of the molecule is Nc1ncccc1-c1nc2ccc(-c3ccc(OC4CC4)cn3)nc2n1-c1ccc(CO)cc1. The third kappa shape index (κ3) is 3.74. The predicted octanol–water partition coefficient (Wildman–Crippen LogP) is 4.16. The number of ether oxygens (including phenoxy) is 1. The number of pyridine rings is 3. The summed E-state index contributed by atoms with van der Waals surface area (Å²) in [6.07, 6.45) is 5.93. The highest BCUT2D eigenvalue weighted by atomic mass is 16.5. The molecule has 4 heterocycles. The Labute approximate surface area is 195 Å². The lowest BCUT2D eigenvalue weighted by Gasteiger charge is -2.11. The first-order chi connectivity index (χ1) is 16.7. The monoisotopic (exact) mass is 450 g/mol. The number of hydrogen-bond donors (Lipinski definition) is 2. The van der Waals surface area contributed by atoms with E-state index < -0.39 is 0 Å². The molecule has 6 rings (SSSR count). The molecule has 1 aliphatic rings. The standard InChI is InChI=1S/C26H22N6O2/c27-24-20(2-1-13-28-24)25-31-23-12-11-22(21-10-9-19(14-29-21)34-18-7-8-18)30-26(23)32(25)17-5-3-16(15-33)4-6-17/h1-6,9-14,18,33H,7-8,15H2,(H2,27,28). The Kier molecular flexibility index (Phi) is 4.92. The maximum Gasteiger partial charge on any atom is 0.165 e. The highest BCUT2D eigenvalue weighted by Crippen LogP contribution is 2.32. The molecule has 0 radical (unpaired) electrons. The molecule has 1 fully saturated rings. The fourth-order valence-electron chi connectivity index (χ4n) is 3.86. The van der Waals surface area contributed by atoms with Crippen molar-refractivity contribution in [2.75, 3.05) is 5.73 Å². The molecule has 1 saturated carbocycles. The Hall–Kier alpha value is -4.30. The molecule has 0 amide bonds. The molecular formula is C26H22N6O2. The molecule has 168 valence electrons. The maximum absolute atomic E-state index is 9.46. The van der Waals surface area contributed by atoms with Crippen LogP contribution in [0.3, 0.4) is 0 Å². The lowest BCUT2D eigenvalue weighted by atomic mass is 10.2. The van der Waals surface area contributed by atoms with Crippen molar-refractivity contribution in [2.24, 2.45) is 0 Å². The lowest BCUT2D eigenvalue weighted by molar-refractivity contribution is 0.282. The van der Waals surface area contributed by atoms with Crippen LogP contribution < -0.4 is 10.5 Å². The average molecular weight is 451 g/mol. The summed E-state index contributed by atoms with van der Waals surface area (Å²) in [5.74, 6) is 1.80. The van der Waals surface area contributed by atoms with E-state index in [1.165, 1.54) is 0 Å². The Morgan fingerprint density at radius 1 is 0.941 bits per heavy atom. The smallest absolute Gasteiger partial charge is 0.165 e. The van der Waals surface area contributed by atoms with Gasteiger partial charge in [-0.3, -0.25) is 9.55 Å². The minimum atomic E-state index is -0.0259. The molecule has 0 bridgehead atoms. The number of anilines is 1. The van der Waals surface area contributed by atoms with Crippen LogP contribution in [-0.2, 0) is 6.61 Å². The number of nitrogen functional groups attached to an aromatic ring is 1. The van der Waals surface area contributed by atoms with Crippen LogP contribution in [0.2, 0.25) is 0 Å². The van der Waals surface area contributed by atoms with Crippen LogP contribution in [-0.4, -0.2) is 35.7 Å². The van der Waals surface area contributed by atoms with Crippen molar-refractivity contribution >= 4 is 17.0 Å². The first kappa shape index (κ1) is 20.3. The fraction of sp³-hybridized carbons (Fsp3) is 0.154. The second-order valence-corrected chi connectivity index (χ2v) is 8.27. The van der Waals surface area contributed by atoms with Gasteiger partial charge in [0.2, 0.25) is 0 Å².